The second kappa shape index (κ2) is 9.59. The largest absolute Gasteiger partial charge is 0.492 e. The standard InChI is InChI=1S/C10H15NO.C10H8/c1-2-11-8-9-12-10-6-4-3-5-7-10;1-2-6-10-8-4-3-7-9(10)5-1/h3-7,11H,2,8-9H2,1H3;1-8H. The van der Waals surface area contributed by atoms with Crippen LogP contribution in [0.4, 0.5) is 0 Å². The van der Waals surface area contributed by atoms with E-state index in [0.29, 0.717) is 0 Å². The summed E-state index contributed by atoms with van der Waals surface area (Å²) in [6.07, 6.45) is 0. The van der Waals surface area contributed by atoms with Gasteiger partial charge >= 0.3 is 0 Å². The average Bonchev–Trinajstić information content (AvgIpc) is 2.60. The number of ether oxygens (including phenoxy) is 1. The first-order valence-electron chi connectivity index (χ1n) is 7.72. The lowest BCUT2D eigenvalue weighted by atomic mass is 10.1. The van der Waals surface area contributed by atoms with Gasteiger partial charge in [0.1, 0.15) is 12.4 Å². The lowest BCUT2D eigenvalue weighted by Crippen LogP contribution is -2.20. The van der Waals surface area contributed by atoms with Crippen LogP contribution in [0.5, 0.6) is 5.75 Å². The van der Waals surface area contributed by atoms with Crippen LogP contribution < -0.4 is 10.1 Å². The summed E-state index contributed by atoms with van der Waals surface area (Å²) in [7, 11) is 0. The van der Waals surface area contributed by atoms with Gasteiger partial charge in [-0.3, -0.25) is 0 Å². The molecular weight excluding hydrogens is 270 g/mol. The number of rotatable bonds is 5. The summed E-state index contributed by atoms with van der Waals surface area (Å²) < 4.78 is 5.45. The van der Waals surface area contributed by atoms with Crippen molar-refractivity contribution in [2.75, 3.05) is 19.7 Å². The van der Waals surface area contributed by atoms with E-state index in [4.69, 9.17) is 4.74 Å². The minimum atomic E-state index is 0.734. The Morgan fingerprint density at radius 2 is 1.23 bits per heavy atom. The first kappa shape index (κ1) is 16.1. The molecule has 3 rings (SSSR count). The molecule has 0 aromatic heterocycles. The molecule has 114 valence electrons. The average molecular weight is 293 g/mol. The van der Waals surface area contributed by atoms with Gasteiger partial charge in [-0.1, -0.05) is 73.7 Å². The molecule has 0 spiro atoms. The van der Waals surface area contributed by atoms with Crippen molar-refractivity contribution >= 4 is 10.8 Å². The highest BCUT2D eigenvalue weighted by Gasteiger charge is 1.89. The maximum absolute atomic E-state index is 5.45. The molecule has 0 radical (unpaired) electrons. The summed E-state index contributed by atoms with van der Waals surface area (Å²) in [6, 6.07) is 26.6. The van der Waals surface area contributed by atoms with Gasteiger partial charge in [0, 0.05) is 6.54 Å². The summed E-state index contributed by atoms with van der Waals surface area (Å²) in [4.78, 5) is 0. The molecule has 0 saturated carbocycles. The van der Waals surface area contributed by atoms with Gasteiger partial charge in [-0.15, -0.1) is 0 Å². The van der Waals surface area contributed by atoms with Crippen molar-refractivity contribution in [3.8, 4) is 5.75 Å². The molecule has 0 aliphatic carbocycles. The monoisotopic (exact) mass is 293 g/mol. The highest BCUT2D eigenvalue weighted by molar-refractivity contribution is 5.81. The molecule has 2 nitrogen and oxygen atoms in total. The molecule has 0 bridgehead atoms. The first-order valence-corrected chi connectivity index (χ1v) is 7.72. The zero-order valence-electron chi connectivity index (χ0n) is 13.0. The van der Waals surface area contributed by atoms with E-state index in [-0.39, 0.29) is 0 Å². The third-order valence-electron chi connectivity index (χ3n) is 3.20. The topological polar surface area (TPSA) is 21.3 Å². The van der Waals surface area contributed by atoms with Crippen LogP contribution in [0.15, 0.2) is 78.9 Å². The van der Waals surface area contributed by atoms with Gasteiger partial charge in [0.15, 0.2) is 0 Å². The van der Waals surface area contributed by atoms with Gasteiger partial charge in [-0.05, 0) is 29.4 Å². The van der Waals surface area contributed by atoms with Crippen molar-refractivity contribution in [1.29, 1.82) is 0 Å². The molecule has 0 saturated heterocycles. The molecule has 22 heavy (non-hydrogen) atoms. The summed E-state index contributed by atoms with van der Waals surface area (Å²) in [5.41, 5.74) is 0. The van der Waals surface area contributed by atoms with Crippen molar-refractivity contribution in [1.82, 2.24) is 5.32 Å². The van der Waals surface area contributed by atoms with Gasteiger partial charge in [-0.25, -0.2) is 0 Å². The lowest BCUT2D eigenvalue weighted by molar-refractivity contribution is 0.315. The van der Waals surface area contributed by atoms with Gasteiger partial charge < -0.3 is 10.1 Å². The van der Waals surface area contributed by atoms with Crippen LogP contribution in [-0.4, -0.2) is 19.7 Å². The third kappa shape index (κ3) is 5.58. The fraction of sp³-hybridized carbons (Fsp3) is 0.200. The minimum absolute atomic E-state index is 0.734. The van der Waals surface area contributed by atoms with Crippen molar-refractivity contribution in [3.63, 3.8) is 0 Å². The highest BCUT2D eigenvalue weighted by atomic mass is 16.5. The van der Waals surface area contributed by atoms with E-state index in [2.05, 4.69) is 60.8 Å². The van der Waals surface area contributed by atoms with Gasteiger partial charge in [-0.2, -0.15) is 0 Å². The zero-order valence-corrected chi connectivity index (χ0v) is 13.0. The fourth-order valence-corrected chi connectivity index (χ4v) is 2.07. The Morgan fingerprint density at radius 3 is 1.73 bits per heavy atom. The number of hydrogen-bond acceptors (Lipinski definition) is 2. The number of para-hydroxylation sites is 1. The zero-order chi connectivity index (χ0) is 15.5. The molecule has 2 heteroatoms. The molecular formula is C20H23NO. The highest BCUT2D eigenvalue weighted by Crippen LogP contribution is 2.11. The van der Waals surface area contributed by atoms with Crippen LogP contribution in [0.1, 0.15) is 6.92 Å². The number of hydrogen-bond donors (Lipinski definition) is 1. The molecule has 0 aliphatic heterocycles. The molecule has 0 fully saturated rings. The van der Waals surface area contributed by atoms with E-state index in [1.807, 2.05) is 30.3 Å². The number of benzene rings is 3. The van der Waals surface area contributed by atoms with Crippen LogP contribution in [0.2, 0.25) is 0 Å². The predicted molar refractivity (Wildman–Crippen MR) is 94.4 cm³/mol. The van der Waals surface area contributed by atoms with Crippen molar-refractivity contribution in [3.05, 3.63) is 78.9 Å². The van der Waals surface area contributed by atoms with Crippen LogP contribution in [0.3, 0.4) is 0 Å². The van der Waals surface area contributed by atoms with Gasteiger partial charge in [0.25, 0.3) is 0 Å². The summed E-state index contributed by atoms with van der Waals surface area (Å²) >= 11 is 0. The minimum Gasteiger partial charge on any atom is -0.492 e. The summed E-state index contributed by atoms with van der Waals surface area (Å²) in [5.74, 6) is 0.940. The summed E-state index contributed by atoms with van der Waals surface area (Å²) in [5, 5.41) is 5.81. The normalized spacial score (nSPS) is 9.86. The SMILES string of the molecule is CCNCCOc1ccccc1.c1ccc2ccccc2c1. The second-order valence-corrected chi connectivity index (χ2v) is 4.86. The first-order chi connectivity index (χ1) is 10.9. The molecule has 0 aliphatic rings. The Balaban J connectivity index is 0.000000162. The van der Waals surface area contributed by atoms with E-state index >= 15 is 0 Å². The van der Waals surface area contributed by atoms with Gasteiger partial charge in [0.2, 0.25) is 0 Å². The van der Waals surface area contributed by atoms with E-state index in [9.17, 15) is 0 Å². The summed E-state index contributed by atoms with van der Waals surface area (Å²) in [6.45, 7) is 4.73. The maximum Gasteiger partial charge on any atom is 0.119 e. The Bertz CT molecular complexity index is 586. The van der Waals surface area contributed by atoms with E-state index < -0.39 is 0 Å². The Hall–Kier alpha value is -2.32. The van der Waals surface area contributed by atoms with E-state index in [0.717, 1.165) is 25.4 Å². The van der Waals surface area contributed by atoms with Crippen LogP contribution in [-0.2, 0) is 0 Å². The van der Waals surface area contributed by atoms with Crippen LogP contribution in [0.25, 0.3) is 10.8 Å². The molecule has 0 heterocycles. The Morgan fingerprint density at radius 1 is 0.727 bits per heavy atom. The maximum atomic E-state index is 5.45. The molecule has 3 aromatic carbocycles. The predicted octanol–water partition coefficient (Wildman–Crippen LogP) is 4.51. The fourth-order valence-electron chi connectivity index (χ4n) is 2.07. The van der Waals surface area contributed by atoms with Crippen molar-refractivity contribution < 1.29 is 4.74 Å². The lowest BCUT2D eigenvalue weighted by Gasteiger charge is -2.05. The van der Waals surface area contributed by atoms with E-state index in [1.54, 1.807) is 0 Å². The van der Waals surface area contributed by atoms with Crippen LogP contribution in [0, 0.1) is 0 Å². The molecule has 3 aromatic rings. The second-order valence-electron chi connectivity index (χ2n) is 4.86. The van der Waals surface area contributed by atoms with E-state index in [1.165, 1.54) is 10.8 Å². The molecule has 1 N–H and O–H groups in total. The molecule has 0 amide bonds. The molecule has 0 atom stereocenters. The number of nitrogens with one attached hydrogen (secondary N) is 1. The Kier molecular flexibility index (Phi) is 7.00. The smallest absolute Gasteiger partial charge is 0.119 e. The van der Waals surface area contributed by atoms with Gasteiger partial charge in [0.05, 0.1) is 0 Å². The quantitative estimate of drug-likeness (QED) is 0.699. The van der Waals surface area contributed by atoms with Crippen LogP contribution >= 0.6 is 0 Å². The number of likely N-dealkylation sites (N-methyl/N-ethyl adjacent to an activating group) is 1. The van der Waals surface area contributed by atoms with Crippen molar-refractivity contribution in [2.45, 2.75) is 6.92 Å². The molecule has 0 unspecified atom stereocenters. The van der Waals surface area contributed by atoms with Crippen molar-refractivity contribution in [2.24, 2.45) is 0 Å². The third-order valence-corrected chi connectivity index (χ3v) is 3.20. The Labute approximate surface area is 132 Å². The number of fused-ring (bicyclic) bond motifs is 1.